The molecule has 2 unspecified atom stereocenters. The quantitative estimate of drug-likeness (QED) is 0.0367. The molecule has 0 heterocycles. The van der Waals surface area contributed by atoms with Crippen LogP contribution in [0.3, 0.4) is 0 Å². The van der Waals surface area contributed by atoms with Crippen molar-refractivity contribution in [3.63, 3.8) is 0 Å². The van der Waals surface area contributed by atoms with Gasteiger partial charge >= 0.3 is 11.9 Å². The molecule has 2 aromatic rings. The van der Waals surface area contributed by atoms with E-state index >= 15 is 0 Å². The summed E-state index contributed by atoms with van der Waals surface area (Å²) in [5.74, 6) is 2.24. The summed E-state index contributed by atoms with van der Waals surface area (Å²) in [7, 11) is 0. The third kappa shape index (κ3) is 27.5. The van der Waals surface area contributed by atoms with Gasteiger partial charge in [-0.05, 0) is 38.5 Å². The van der Waals surface area contributed by atoms with Crippen LogP contribution in [-0.2, 0) is 42.6 Å². The average molecular weight is 883 g/mol. The Balaban J connectivity index is 2.25. The Bertz CT molecular complexity index is 1260. The largest absolute Gasteiger partial charge is 0.491 e. The molecule has 0 radical (unpaired) electrons. The van der Waals surface area contributed by atoms with Gasteiger partial charge in [-0.25, -0.2) is 0 Å². The minimum absolute atomic E-state index is 0.105. The second-order valence-corrected chi connectivity index (χ2v) is 16.5. The molecule has 0 aliphatic carbocycles. The molecular formula is C54H90O9. The van der Waals surface area contributed by atoms with E-state index in [0.29, 0.717) is 51.2 Å². The van der Waals surface area contributed by atoms with Gasteiger partial charge in [0, 0.05) is 24.0 Å². The van der Waals surface area contributed by atoms with Crippen LogP contribution < -0.4 is 0 Å². The van der Waals surface area contributed by atoms with Crippen molar-refractivity contribution < 1.29 is 42.6 Å². The molecule has 9 nitrogen and oxygen atoms in total. The second kappa shape index (κ2) is 40.1. The van der Waals surface area contributed by atoms with Gasteiger partial charge in [-0.3, -0.25) is 0 Å². The van der Waals surface area contributed by atoms with Crippen LogP contribution in [0.1, 0.15) is 219 Å². The molecule has 9 heteroatoms. The Labute approximate surface area is 384 Å². The first-order chi connectivity index (χ1) is 31.1. The van der Waals surface area contributed by atoms with E-state index in [-0.39, 0.29) is 13.6 Å². The van der Waals surface area contributed by atoms with Gasteiger partial charge in [0.25, 0.3) is 0 Å². The van der Waals surface area contributed by atoms with Gasteiger partial charge in [0.1, 0.15) is 0 Å². The highest BCUT2D eigenvalue weighted by Crippen LogP contribution is 2.29. The van der Waals surface area contributed by atoms with Crippen LogP contribution in [0.15, 0.2) is 84.1 Å². The lowest BCUT2D eigenvalue weighted by Crippen LogP contribution is -2.18. The van der Waals surface area contributed by atoms with Crippen molar-refractivity contribution in [2.45, 2.75) is 208 Å². The van der Waals surface area contributed by atoms with Crippen LogP contribution in [0.5, 0.6) is 0 Å². The fourth-order valence-electron chi connectivity index (χ4n) is 6.89. The molecule has 0 N–H and O–H groups in total. The number of rotatable bonds is 44. The number of unbranched alkanes of at least 4 members (excludes halogenated alkanes) is 16. The molecule has 2 atom stereocenters. The van der Waals surface area contributed by atoms with Crippen molar-refractivity contribution in [2.24, 2.45) is 0 Å². The van der Waals surface area contributed by atoms with Gasteiger partial charge in [0.05, 0.1) is 26.4 Å². The zero-order valence-electron chi connectivity index (χ0n) is 40.8. The molecule has 0 saturated heterocycles. The van der Waals surface area contributed by atoms with E-state index < -0.39 is 12.6 Å². The third-order valence-electron chi connectivity index (χ3n) is 10.6. The summed E-state index contributed by atoms with van der Waals surface area (Å²) in [6.07, 6.45) is 24.5. The maximum atomic E-state index is 6.63. The number of hydrogen-bond acceptors (Lipinski definition) is 9. The van der Waals surface area contributed by atoms with Crippen LogP contribution in [0, 0.1) is 0 Å². The minimum Gasteiger partial charge on any atom is -0.491 e. The lowest BCUT2D eigenvalue weighted by Gasteiger charge is -2.25. The maximum absolute atomic E-state index is 6.63. The lowest BCUT2D eigenvalue weighted by atomic mass is 10.2. The normalized spacial score (nSPS) is 13.2. The number of hydrogen-bond donors (Lipinski definition) is 0. The van der Waals surface area contributed by atoms with E-state index in [0.717, 1.165) is 86.9 Å². The molecule has 2 rings (SSSR count). The minimum atomic E-state index is -0.807. The van der Waals surface area contributed by atoms with Crippen LogP contribution in [0.25, 0.3) is 0 Å². The Morgan fingerprint density at radius 1 is 0.365 bits per heavy atom. The van der Waals surface area contributed by atoms with E-state index in [2.05, 4.69) is 41.5 Å². The molecule has 63 heavy (non-hydrogen) atoms. The molecule has 360 valence electrons. The molecule has 0 aliphatic heterocycles. The van der Waals surface area contributed by atoms with Gasteiger partial charge in [-0.1, -0.05) is 205 Å². The molecule has 0 aromatic heterocycles. The van der Waals surface area contributed by atoms with Gasteiger partial charge in [-0.2, -0.15) is 0 Å². The SMILES string of the molecule is CCCCCCCOC(CCC)=C(OCCCCCCC)OC(OCOCOC(OC(OCCCCCCC)=C(CCC)OCCCCCCC)c1ccccc1)c1ccccc1. The number of benzene rings is 2. The summed E-state index contributed by atoms with van der Waals surface area (Å²) in [5.41, 5.74) is 1.67. The van der Waals surface area contributed by atoms with E-state index in [4.69, 9.17) is 42.6 Å². The van der Waals surface area contributed by atoms with Crippen LogP contribution in [-0.4, -0.2) is 40.0 Å². The van der Waals surface area contributed by atoms with Crippen molar-refractivity contribution in [1.29, 1.82) is 0 Å². The van der Waals surface area contributed by atoms with Gasteiger partial charge < -0.3 is 42.6 Å². The van der Waals surface area contributed by atoms with E-state index in [9.17, 15) is 0 Å². The van der Waals surface area contributed by atoms with Crippen LogP contribution in [0.2, 0.25) is 0 Å². The summed E-state index contributed by atoms with van der Waals surface area (Å²) in [6.45, 7) is 15.3. The molecule has 0 bridgehead atoms. The summed E-state index contributed by atoms with van der Waals surface area (Å²) in [6, 6.07) is 19.8. The van der Waals surface area contributed by atoms with Crippen molar-refractivity contribution >= 4 is 0 Å². The van der Waals surface area contributed by atoms with Crippen molar-refractivity contribution in [1.82, 2.24) is 0 Å². The highest BCUT2D eigenvalue weighted by molar-refractivity contribution is 5.17. The fraction of sp³-hybridized carbons (Fsp3) is 0.704. The first-order valence-corrected chi connectivity index (χ1v) is 25.3. The van der Waals surface area contributed by atoms with Crippen LogP contribution in [0.4, 0.5) is 0 Å². The molecule has 2 aromatic carbocycles. The Morgan fingerprint density at radius 2 is 0.683 bits per heavy atom. The Morgan fingerprint density at radius 3 is 1.00 bits per heavy atom. The Hall–Kier alpha value is -3.40. The number of allylic oxidation sites excluding steroid dienone is 2. The summed E-state index contributed by atoms with van der Waals surface area (Å²) < 4.78 is 57.6. The van der Waals surface area contributed by atoms with Gasteiger partial charge in [0.15, 0.2) is 25.1 Å². The zero-order valence-corrected chi connectivity index (χ0v) is 40.8. The predicted octanol–water partition coefficient (Wildman–Crippen LogP) is 16.3. The molecule has 0 saturated carbocycles. The molecule has 0 fully saturated rings. The van der Waals surface area contributed by atoms with E-state index in [1.807, 2.05) is 60.7 Å². The zero-order chi connectivity index (χ0) is 45.3. The molecule has 0 spiro atoms. The first-order valence-electron chi connectivity index (χ1n) is 25.3. The fourth-order valence-corrected chi connectivity index (χ4v) is 6.89. The van der Waals surface area contributed by atoms with Gasteiger partial charge in [-0.15, -0.1) is 0 Å². The predicted molar refractivity (Wildman–Crippen MR) is 256 cm³/mol. The molecule has 0 amide bonds. The highest BCUT2D eigenvalue weighted by atomic mass is 16.8. The summed E-state index contributed by atoms with van der Waals surface area (Å²) in [5, 5.41) is 0. The smallest absolute Gasteiger partial charge is 0.321 e. The standard InChI is InChI=1S/C54H90O9/c1-7-13-17-21-31-41-56-49(35-11-5)53(58-43-33-23-19-15-9-3)62-51(47-37-27-25-28-38-47)60-45-55-46-61-52(48-39-29-26-30-40-48)63-54(59-44-34-24-20-16-10-4)50(36-12-6)57-42-32-22-18-14-8-2/h25-30,37-40,51-52H,7-24,31-36,41-46H2,1-6H3. The first kappa shape index (κ1) is 55.7. The second-order valence-electron chi connectivity index (χ2n) is 16.5. The Kier molecular flexibility index (Phi) is 35.5. The van der Waals surface area contributed by atoms with Crippen molar-refractivity contribution in [2.75, 3.05) is 40.0 Å². The monoisotopic (exact) mass is 883 g/mol. The lowest BCUT2D eigenvalue weighted by molar-refractivity contribution is -0.253. The van der Waals surface area contributed by atoms with E-state index in [1.165, 1.54) is 77.0 Å². The summed E-state index contributed by atoms with van der Waals surface area (Å²) in [4.78, 5) is 0. The average Bonchev–Trinajstić information content (AvgIpc) is 3.31. The topological polar surface area (TPSA) is 83.1 Å². The van der Waals surface area contributed by atoms with E-state index in [1.54, 1.807) is 0 Å². The molecule has 0 aliphatic rings. The third-order valence-corrected chi connectivity index (χ3v) is 10.6. The van der Waals surface area contributed by atoms with Crippen molar-refractivity contribution in [3.8, 4) is 0 Å². The van der Waals surface area contributed by atoms with Crippen LogP contribution >= 0.6 is 0 Å². The highest BCUT2D eigenvalue weighted by Gasteiger charge is 2.23. The summed E-state index contributed by atoms with van der Waals surface area (Å²) >= 11 is 0. The number of ether oxygens (including phenoxy) is 9. The van der Waals surface area contributed by atoms with Gasteiger partial charge in [0.2, 0.25) is 12.6 Å². The van der Waals surface area contributed by atoms with Crippen molar-refractivity contribution in [3.05, 3.63) is 95.2 Å². The maximum Gasteiger partial charge on any atom is 0.321 e. The molecular weight excluding hydrogens is 793 g/mol.